The molecule has 3 aliphatic rings. The molecule has 1 aromatic carbocycles. The average molecular weight is 340 g/mol. The lowest BCUT2D eigenvalue weighted by atomic mass is 9.92. The van der Waals surface area contributed by atoms with Crippen molar-refractivity contribution in [3.8, 4) is 10.6 Å². The highest BCUT2D eigenvalue weighted by atomic mass is 32.1. The summed E-state index contributed by atoms with van der Waals surface area (Å²) in [6, 6.07) is 5.37. The number of hydrogen-bond acceptors (Lipinski definition) is 7. The first-order valence-electron chi connectivity index (χ1n) is 8.04. The fraction of sp³-hybridized carbons (Fsp3) is 0.353. The van der Waals surface area contributed by atoms with E-state index in [1.165, 1.54) is 17.8 Å². The summed E-state index contributed by atoms with van der Waals surface area (Å²) < 4.78 is 6.11. The molecule has 0 aliphatic carbocycles. The largest absolute Gasteiger partial charge is 0.423 e. The van der Waals surface area contributed by atoms with Gasteiger partial charge in [0.25, 0.3) is 6.01 Å². The number of fused-ring (bicyclic) bond motifs is 3. The molecule has 3 saturated heterocycles. The van der Waals surface area contributed by atoms with Crippen molar-refractivity contribution in [1.82, 2.24) is 15.3 Å². The minimum atomic E-state index is 0.0164. The van der Waals surface area contributed by atoms with Crippen LogP contribution < -0.4 is 10.2 Å². The predicted molar refractivity (Wildman–Crippen MR) is 92.7 cm³/mol. The van der Waals surface area contributed by atoms with Gasteiger partial charge in [-0.2, -0.15) is 4.98 Å². The van der Waals surface area contributed by atoms with Crippen LogP contribution in [0.2, 0.25) is 0 Å². The smallest absolute Gasteiger partial charge is 0.298 e. The van der Waals surface area contributed by atoms with Crippen molar-refractivity contribution in [3.63, 3.8) is 0 Å². The van der Waals surface area contributed by atoms with Crippen LogP contribution >= 0.6 is 11.3 Å². The molecule has 2 bridgehead atoms. The van der Waals surface area contributed by atoms with Gasteiger partial charge >= 0.3 is 0 Å². The number of rotatable bonds is 3. The Labute approximate surface area is 142 Å². The Morgan fingerprint density at radius 1 is 1.38 bits per heavy atom. The van der Waals surface area contributed by atoms with E-state index in [-0.39, 0.29) is 5.78 Å². The Morgan fingerprint density at radius 3 is 2.83 bits per heavy atom. The summed E-state index contributed by atoms with van der Waals surface area (Å²) in [7, 11) is 0. The molecule has 2 unspecified atom stereocenters. The Bertz CT molecular complexity index is 918. The first-order valence-corrected chi connectivity index (χ1v) is 8.92. The number of thiazole rings is 1. The van der Waals surface area contributed by atoms with Crippen LogP contribution in [0.3, 0.4) is 0 Å². The molecule has 24 heavy (non-hydrogen) atoms. The maximum atomic E-state index is 11.9. The number of hydrogen-bond donors (Lipinski definition) is 1. The van der Waals surface area contributed by atoms with E-state index in [1.54, 1.807) is 13.1 Å². The first-order chi connectivity index (χ1) is 11.7. The van der Waals surface area contributed by atoms with Gasteiger partial charge in [-0.05, 0) is 25.5 Å². The third kappa shape index (κ3) is 2.16. The lowest BCUT2D eigenvalue weighted by molar-refractivity contribution is 0.101. The fourth-order valence-corrected chi connectivity index (χ4v) is 4.20. The van der Waals surface area contributed by atoms with Gasteiger partial charge in [0.2, 0.25) is 0 Å². The number of benzene rings is 1. The second-order valence-corrected chi connectivity index (χ2v) is 7.36. The van der Waals surface area contributed by atoms with Crippen molar-refractivity contribution in [2.45, 2.75) is 25.4 Å². The van der Waals surface area contributed by atoms with Gasteiger partial charge in [0, 0.05) is 42.3 Å². The molecule has 0 spiro atoms. The van der Waals surface area contributed by atoms with Gasteiger partial charge in [0.15, 0.2) is 11.4 Å². The minimum absolute atomic E-state index is 0.0164. The Morgan fingerprint density at radius 2 is 2.17 bits per heavy atom. The number of anilines is 1. The zero-order valence-corrected chi connectivity index (χ0v) is 14.0. The minimum Gasteiger partial charge on any atom is -0.423 e. The molecule has 7 heteroatoms. The third-order valence-electron chi connectivity index (χ3n) is 4.74. The molecular weight excluding hydrogens is 324 g/mol. The second kappa shape index (κ2) is 5.12. The summed E-state index contributed by atoms with van der Waals surface area (Å²) in [4.78, 5) is 23.1. The number of carbonyl (C=O) groups is 1. The predicted octanol–water partition coefficient (Wildman–Crippen LogP) is 2.70. The summed E-state index contributed by atoms with van der Waals surface area (Å²) >= 11 is 1.53. The maximum absolute atomic E-state index is 11.9. The Hall–Kier alpha value is -2.25. The van der Waals surface area contributed by atoms with Crippen LogP contribution in [0, 0.1) is 0 Å². The Kier molecular flexibility index (Phi) is 3.01. The Balaban J connectivity index is 1.64. The van der Waals surface area contributed by atoms with Crippen molar-refractivity contribution >= 4 is 34.2 Å². The number of nitrogens with one attached hydrogen (secondary N) is 1. The standard InChI is InChI=1S/C17H16N4O2S/c1-9(22)10-4-13(16-18-2-3-24-16)15-14(5-10)20-17(23-15)21-7-11-6-12(8-21)19-11/h2-5,11-12,19H,6-8H2,1H3. The number of piperidine rings is 1. The molecule has 3 aromatic rings. The van der Waals surface area contributed by atoms with E-state index >= 15 is 0 Å². The number of carbonyl (C=O) groups excluding carboxylic acids is 1. The van der Waals surface area contributed by atoms with E-state index in [0.29, 0.717) is 29.2 Å². The van der Waals surface area contributed by atoms with Gasteiger partial charge in [-0.25, -0.2) is 4.98 Å². The molecule has 6 rings (SSSR count). The van der Waals surface area contributed by atoms with Crippen molar-refractivity contribution in [1.29, 1.82) is 0 Å². The topological polar surface area (TPSA) is 71.3 Å². The highest BCUT2D eigenvalue weighted by molar-refractivity contribution is 7.13. The molecule has 2 aromatic heterocycles. The van der Waals surface area contributed by atoms with E-state index < -0.39 is 0 Å². The summed E-state index contributed by atoms with van der Waals surface area (Å²) in [6.45, 7) is 3.39. The van der Waals surface area contributed by atoms with Gasteiger partial charge in [-0.1, -0.05) is 0 Å². The van der Waals surface area contributed by atoms with Crippen LogP contribution in [0.5, 0.6) is 0 Å². The summed E-state index contributed by atoms with van der Waals surface area (Å²) in [5.41, 5.74) is 2.90. The average Bonchev–Trinajstić information content (AvgIpc) is 3.22. The van der Waals surface area contributed by atoms with Gasteiger partial charge in [-0.3, -0.25) is 4.79 Å². The lowest BCUT2D eigenvalue weighted by Crippen LogP contribution is -2.67. The molecule has 0 radical (unpaired) electrons. The van der Waals surface area contributed by atoms with Gasteiger partial charge < -0.3 is 14.6 Å². The highest BCUT2D eigenvalue weighted by Gasteiger charge is 2.38. The first kappa shape index (κ1) is 14.1. The summed E-state index contributed by atoms with van der Waals surface area (Å²) in [5.74, 6) is 0.0164. The molecule has 3 aliphatic heterocycles. The molecule has 1 N–H and O–H groups in total. The zero-order chi connectivity index (χ0) is 16.3. The molecule has 122 valence electrons. The van der Waals surface area contributed by atoms with E-state index in [1.807, 2.05) is 17.5 Å². The molecular formula is C17H16N4O2S. The number of oxazole rings is 1. The van der Waals surface area contributed by atoms with E-state index in [2.05, 4.69) is 20.2 Å². The second-order valence-electron chi connectivity index (χ2n) is 6.46. The quantitative estimate of drug-likeness (QED) is 0.739. The van der Waals surface area contributed by atoms with Crippen LogP contribution in [0.15, 0.2) is 28.1 Å². The van der Waals surface area contributed by atoms with Crippen molar-refractivity contribution in [3.05, 3.63) is 29.3 Å². The zero-order valence-electron chi connectivity index (χ0n) is 13.2. The maximum Gasteiger partial charge on any atom is 0.298 e. The van der Waals surface area contributed by atoms with Crippen molar-refractivity contribution in [2.75, 3.05) is 18.0 Å². The number of aromatic nitrogens is 2. The normalized spacial score (nSPS) is 22.6. The lowest BCUT2D eigenvalue weighted by Gasteiger charge is -2.47. The van der Waals surface area contributed by atoms with Gasteiger partial charge in [0.1, 0.15) is 10.5 Å². The van der Waals surface area contributed by atoms with Crippen LogP contribution in [-0.2, 0) is 0 Å². The van der Waals surface area contributed by atoms with Crippen molar-refractivity contribution in [2.24, 2.45) is 0 Å². The van der Waals surface area contributed by atoms with E-state index in [4.69, 9.17) is 4.42 Å². The third-order valence-corrected chi connectivity index (χ3v) is 5.55. The number of piperazine rings is 1. The number of Topliss-reactive ketones (excluding diaryl/α,β-unsaturated/α-hetero) is 1. The van der Waals surface area contributed by atoms with E-state index in [9.17, 15) is 4.79 Å². The van der Waals surface area contributed by atoms with Crippen LogP contribution in [0.25, 0.3) is 21.7 Å². The molecule has 0 amide bonds. The van der Waals surface area contributed by atoms with E-state index in [0.717, 1.165) is 29.2 Å². The fourth-order valence-electron chi connectivity index (χ4n) is 3.54. The van der Waals surface area contributed by atoms with Crippen LogP contribution in [0.1, 0.15) is 23.7 Å². The highest BCUT2D eigenvalue weighted by Crippen LogP contribution is 2.35. The van der Waals surface area contributed by atoms with Crippen LogP contribution in [-0.4, -0.2) is 40.9 Å². The SMILES string of the molecule is CC(=O)c1cc(-c2nccs2)c2oc(N3CC4CC(C3)N4)nc2c1. The van der Waals surface area contributed by atoms with Gasteiger partial charge in [0.05, 0.1) is 5.56 Å². The van der Waals surface area contributed by atoms with Gasteiger partial charge in [-0.15, -0.1) is 11.3 Å². The summed E-state index contributed by atoms with van der Waals surface area (Å²) in [5, 5.41) is 6.27. The van der Waals surface area contributed by atoms with Crippen molar-refractivity contribution < 1.29 is 9.21 Å². The molecule has 5 heterocycles. The van der Waals surface area contributed by atoms with Crippen LogP contribution in [0.4, 0.5) is 6.01 Å². The number of ketones is 1. The summed E-state index contributed by atoms with van der Waals surface area (Å²) in [6.07, 6.45) is 2.99. The monoisotopic (exact) mass is 340 g/mol. The molecule has 6 nitrogen and oxygen atoms in total. The molecule has 0 saturated carbocycles. The molecule has 3 fully saturated rings. The number of nitrogens with zero attached hydrogens (tertiary/aromatic N) is 3. The molecule has 2 atom stereocenters.